The van der Waals surface area contributed by atoms with Crippen molar-refractivity contribution in [2.24, 2.45) is 11.3 Å². The average molecular weight is 313 g/mol. The zero-order valence-corrected chi connectivity index (χ0v) is 13.2. The first kappa shape index (κ1) is 14.4. The average Bonchev–Trinajstić information content (AvgIpc) is 3.05. The fourth-order valence-corrected chi connectivity index (χ4v) is 4.74. The molecule has 0 unspecified atom stereocenters. The SMILES string of the molecule is O=C(NCCc1ccc(Cl)s1)[C@@]12CCCC[C@H]1CNC2. The highest BCUT2D eigenvalue weighted by Crippen LogP contribution is 2.43. The molecule has 0 spiro atoms. The van der Waals surface area contributed by atoms with Crippen LogP contribution in [0.3, 0.4) is 0 Å². The van der Waals surface area contributed by atoms with Crippen molar-refractivity contribution < 1.29 is 4.79 Å². The molecule has 3 nitrogen and oxygen atoms in total. The summed E-state index contributed by atoms with van der Waals surface area (Å²) >= 11 is 7.51. The topological polar surface area (TPSA) is 41.1 Å². The van der Waals surface area contributed by atoms with E-state index in [1.165, 1.54) is 24.1 Å². The van der Waals surface area contributed by atoms with Crippen LogP contribution in [0.15, 0.2) is 12.1 Å². The van der Waals surface area contributed by atoms with E-state index in [4.69, 9.17) is 11.6 Å². The molecule has 2 heterocycles. The van der Waals surface area contributed by atoms with Crippen LogP contribution in [0.4, 0.5) is 0 Å². The van der Waals surface area contributed by atoms with E-state index < -0.39 is 0 Å². The van der Waals surface area contributed by atoms with Gasteiger partial charge in [-0.2, -0.15) is 0 Å². The molecule has 2 atom stereocenters. The molecular formula is C15H21ClN2OS. The number of thiophene rings is 1. The Morgan fingerprint density at radius 2 is 2.40 bits per heavy atom. The van der Waals surface area contributed by atoms with Gasteiger partial charge in [0.2, 0.25) is 5.91 Å². The van der Waals surface area contributed by atoms with Crippen LogP contribution in [0, 0.1) is 11.3 Å². The maximum Gasteiger partial charge on any atom is 0.227 e. The summed E-state index contributed by atoms with van der Waals surface area (Å²) in [7, 11) is 0. The first-order valence-corrected chi connectivity index (χ1v) is 8.63. The number of amides is 1. The lowest BCUT2D eigenvalue weighted by atomic mass is 9.67. The zero-order chi connectivity index (χ0) is 14.0. The van der Waals surface area contributed by atoms with E-state index in [2.05, 4.69) is 10.6 Å². The van der Waals surface area contributed by atoms with Gasteiger partial charge in [0.25, 0.3) is 0 Å². The number of rotatable bonds is 4. The lowest BCUT2D eigenvalue weighted by molar-refractivity contribution is -0.133. The maximum absolute atomic E-state index is 12.6. The molecule has 110 valence electrons. The Labute approximate surface area is 129 Å². The summed E-state index contributed by atoms with van der Waals surface area (Å²) < 4.78 is 0.817. The Morgan fingerprint density at radius 1 is 1.50 bits per heavy atom. The van der Waals surface area contributed by atoms with E-state index >= 15 is 0 Å². The summed E-state index contributed by atoms with van der Waals surface area (Å²) in [6, 6.07) is 3.96. The molecule has 1 aliphatic heterocycles. The van der Waals surface area contributed by atoms with E-state index in [0.29, 0.717) is 12.5 Å². The predicted octanol–water partition coefficient (Wildman–Crippen LogP) is 2.84. The molecule has 1 amide bonds. The van der Waals surface area contributed by atoms with E-state index in [1.54, 1.807) is 11.3 Å². The first-order chi connectivity index (χ1) is 9.71. The second-order valence-corrected chi connectivity index (χ2v) is 7.74. The molecule has 0 bridgehead atoms. The van der Waals surface area contributed by atoms with Gasteiger partial charge >= 0.3 is 0 Å². The van der Waals surface area contributed by atoms with Crippen molar-refractivity contribution in [3.8, 4) is 0 Å². The fourth-order valence-electron chi connectivity index (χ4n) is 3.65. The summed E-state index contributed by atoms with van der Waals surface area (Å²) in [5.74, 6) is 0.794. The standard InChI is InChI=1S/C15H21ClN2OS/c16-13-5-4-12(20-13)6-8-18-14(19)15-7-2-1-3-11(15)9-17-10-15/h4-5,11,17H,1-3,6-10H2,(H,18,19)/t11-,15+/m0/s1. The summed E-state index contributed by atoms with van der Waals surface area (Å²) in [6.07, 6.45) is 5.57. The summed E-state index contributed by atoms with van der Waals surface area (Å²) in [6.45, 7) is 2.58. The number of nitrogens with one attached hydrogen (secondary N) is 2. The van der Waals surface area contributed by atoms with E-state index in [-0.39, 0.29) is 11.3 Å². The Bertz CT molecular complexity index is 490. The normalized spacial score (nSPS) is 29.1. The van der Waals surface area contributed by atoms with Gasteiger partial charge in [-0.1, -0.05) is 24.4 Å². The molecule has 1 aromatic rings. The molecule has 1 saturated carbocycles. The molecule has 1 aliphatic carbocycles. The fraction of sp³-hybridized carbons (Fsp3) is 0.667. The van der Waals surface area contributed by atoms with E-state index in [1.807, 2.05) is 12.1 Å². The van der Waals surface area contributed by atoms with Crippen molar-refractivity contribution in [2.45, 2.75) is 32.1 Å². The molecular weight excluding hydrogens is 292 g/mol. The van der Waals surface area contributed by atoms with Crippen molar-refractivity contribution in [2.75, 3.05) is 19.6 Å². The van der Waals surface area contributed by atoms with Crippen LogP contribution >= 0.6 is 22.9 Å². The molecule has 2 N–H and O–H groups in total. The Morgan fingerprint density at radius 3 is 3.20 bits per heavy atom. The number of halogens is 1. The van der Waals surface area contributed by atoms with Gasteiger partial charge in [-0.3, -0.25) is 4.79 Å². The van der Waals surface area contributed by atoms with Crippen LogP contribution in [0.2, 0.25) is 4.34 Å². The van der Waals surface area contributed by atoms with E-state index in [9.17, 15) is 4.79 Å². The number of fused-ring (bicyclic) bond motifs is 1. The smallest absolute Gasteiger partial charge is 0.227 e. The minimum atomic E-state index is -0.134. The summed E-state index contributed by atoms with van der Waals surface area (Å²) in [5, 5.41) is 6.58. The third-order valence-corrected chi connectivity index (χ3v) is 6.07. The number of hydrogen-bond donors (Lipinski definition) is 2. The summed E-state index contributed by atoms with van der Waals surface area (Å²) in [4.78, 5) is 13.9. The van der Waals surface area contributed by atoms with Gasteiger partial charge in [-0.05, 0) is 43.9 Å². The monoisotopic (exact) mass is 312 g/mol. The minimum Gasteiger partial charge on any atom is -0.355 e. The molecule has 20 heavy (non-hydrogen) atoms. The lowest BCUT2D eigenvalue weighted by Crippen LogP contribution is -2.48. The third-order valence-electron chi connectivity index (χ3n) is 4.78. The molecule has 0 radical (unpaired) electrons. The Kier molecular flexibility index (Phi) is 4.34. The summed E-state index contributed by atoms with van der Waals surface area (Å²) in [5.41, 5.74) is -0.134. The van der Waals surface area contributed by atoms with Gasteiger partial charge in [0.05, 0.1) is 9.75 Å². The second-order valence-electron chi connectivity index (χ2n) is 5.94. The largest absolute Gasteiger partial charge is 0.355 e. The molecule has 1 saturated heterocycles. The van der Waals surface area contributed by atoms with Gasteiger partial charge in [0, 0.05) is 18.0 Å². The minimum absolute atomic E-state index is 0.134. The molecule has 2 aliphatic rings. The Hall–Kier alpha value is -0.580. The van der Waals surface area contributed by atoms with Crippen molar-refractivity contribution in [1.82, 2.24) is 10.6 Å². The van der Waals surface area contributed by atoms with Crippen molar-refractivity contribution >= 4 is 28.8 Å². The predicted molar refractivity (Wildman–Crippen MR) is 83.3 cm³/mol. The van der Waals surface area contributed by atoms with Crippen molar-refractivity contribution in [3.05, 3.63) is 21.3 Å². The zero-order valence-electron chi connectivity index (χ0n) is 11.6. The third kappa shape index (κ3) is 2.74. The van der Waals surface area contributed by atoms with Crippen LogP contribution in [0.5, 0.6) is 0 Å². The quantitative estimate of drug-likeness (QED) is 0.897. The van der Waals surface area contributed by atoms with Gasteiger partial charge in [-0.25, -0.2) is 0 Å². The number of hydrogen-bond acceptors (Lipinski definition) is 3. The van der Waals surface area contributed by atoms with Crippen LogP contribution in [0.1, 0.15) is 30.6 Å². The van der Waals surface area contributed by atoms with Crippen molar-refractivity contribution in [1.29, 1.82) is 0 Å². The second kappa shape index (κ2) is 6.04. The molecule has 1 aromatic heterocycles. The highest BCUT2D eigenvalue weighted by molar-refractivity contribution is 7.16. The van der Waals surface area contributed by atoms with Crippen LogP contribution < -0.4 is 10.6 Å². The van der Waals surface area contributed by atoms with Crippen LogP contribution in [0.25, 0.3) is 0 Å². The lowest BCUT2D eigenvalue weighted by Gasteiger charge is -2.37. The van der Waals surface area contributed by atoms with Gasteiger partial charge in [-0.15, -0.1) is 11.3 Å². The first-order valence-electron chi connectivity index (χ1n) is 7.44. The van der Waals surface area contributed by atoms with Crippen LogP contribution in [-0.2, 0) is 11.2 Å². The Balaban J connectivity index is 1.55. The van der Waals surface area contributed by atoms with Crippen LogP contribution in [-0.4, -0.2) is 25.5 Å². The molecule has 0 aromatic carbocycles. The van der Waals surface area contributed by atoms with E-state index in [0.717, 1.165) is 30.3 Å². The van der Waals surface area contributed by atoms with Gasteiger partial charge in [0.1, 0.15) is 0 Å². The molecule has 3 rings (SSSR count). The molecule has 5 heteroatoms. The highest BCUT2D eigenvalue weighted by Gasteiger charge is 2.49. The van der Waals surface area contributed by atoms with Gasteiger partial charge < -0.3 is 10.6 Å². The van der Waals surface area contributed by atoms with Gasteiger partial charge in [0.15, 0.2) is 0 Å². The maximum atomic E-state index is 12.6. The molecule has 2 fully saturated rings. The highest BCUT2D eigenvalue weighted by atomic mass is 35.5. The number of carbonyl (C=O) groups is 1. The van der Waals surface area contributed by atoms with Crippen molar-refractivity contribution in [3.63, 3.8) is 0 Å². The number of carbonyl (C=O) groups excluding carboxylic acids is 1.